The number of aliphatic imine (C=N–C) groups is 1. The topological polar surface area (TPSA) is 46.5 Å². The van der Waals surface area contributed by atoms with Gasteiger partial charge in [0, 0.05) is 5.41 Å². The van der Waals surface area contributed by atoms with Crippen molar-refractivity contribution in [1.82, 2.24) is 0 Å². The van der Waals surface area contributed by atoms with Gasteiger partial charge in [-0.1, -0.05) is 20.8 Å². The second kappa shape index (κ2) is 2.44. The van der Waals surface area contributed by atoms with E-state index in [-0.39, 0.29) is 5.41 Å². The molecule has 0 aliphatic carbocycles. The van der Waals surface area contributed by atoms with E-state index in [0.29, 0.717) is 5.04 Å². The highest BCUT2D eigenvalue weighted by molar-refractivity contribution is 8.28. The minimum Gasteiger partial charge on any atom is -0.275 e. The van der Waals surface area contributed by atoms with Crippen LogP contribution in [0, 0.1) is 5.41 Å². The lowest BCUT2D eigenvalue weighted by molar-refractivity contribution is -0.130. The Hall–Kier alpha value is -0.640. The van der Waals surface area contributed by atoms with Gasteiger partial charge in [0.25, 0.3) is 5.12 Å². The van der Waals surface area contributed by atoms with E-state index in [2.05, 4.69) is 4.99 Å². The van der Waals surface area contributed by atoms with Crippen molar-refractivity contribution in [2.45, 2.75) is 20.8 Å². The first-order valence-corrected chi connectivity index (χ1v) is 4.08. The second-order valence-electron chi connectivity index (χ2n) is 3.36. The summed E-state index contributed by atoms with van der Waals surface area (Å²) in [7, 11) is 0. The van der Waals surface area contributed by atoms with Crippen LogP contribution in [0.25, 0.3) is 0 Å². The number of carbonyl (C=O) groups excluding carboxylic acids is 2. The van der Waals surface area contributed by atoms with Crippen LogP contribution in [-0.2, 0) is 9.59 Å². The van der Waals surface area contributed by atoms with E-state index in [4.69, 9.17) is 0 Å². The van der Waals surface area contributed by atoms with E-state index in [1.807, 2.05) is 20.8 Å². The molecule has 1 rings (SSSR count). The lowest BCUT2D eigenvalue weighted by Gasteiger charge is -2.15. The summed E-state index contributed by atoms with van der Waals surface area (Å²) in [5, 5.41) is 0.155. The van der Waals surface area contributed by atoms with Gasteiger partial charge in [-0.3, -0.25) is 9.59 Å². The van der Waals surface area contributed by atoms with Gasteiger partial charge >= 0.3 is 5.91 Å². The molecule has 0 spiro atoms. The van der Waals surface area contributed by atoms with Crippen molar-refractivity contribution in [3.8, 4) is 0 Å². The minimum atomic E-state index is -0.625. The maximum Gasteiger partial charge on any atom is 0.325 e. The Balaban J connectivity index is 2.88. The molecule has 0 saturated carbocycles. The monoisotopic (exact) mass is 171 g/mol. The van der Waals surface area contributed by atoms with Crippen molar-refractivity contribution in [3.63, 3.8) is 0 Å². The number of rotatable bonds is 0. The zero-order valence-electron chi connectivity index (χ0n) is 6.67. The van der Waals surface area contributed by atoms with Gasteiger partial charge in [-0.2, -0.15) is 0 Å². The smallest absolute Gasteiger partial charge is 0.275 e. The van der Waals surface area contributed by atoms with Crippen LogP contribution in [-0.4, -0.2) is 16.1 Å². The average Bonchev–Trinajstić information content (AvgIpc) is 2.11. The predicted molar refractivity (Wildman–Crippen MR) is 44.5 cm³/mol. The van der Waals surface area contributed by atoms with Crippen LogP contribution in [0.2, 0.25) is 0 Å². The molecule has 3 nitrogen and oxygen atoms in total. The van der Waals surface area contributed by atoms with Gasteiger partial charge in [0.15, 0.2) is 0 Å². The molecule has 0 saturated heterocycles. The number of hydrogen-bond donors (Lipinski definition) is 0. The van der Waals surface area contributed by atoms with Crippen molar-refractivity contribution in [3.05, 3.63) is 0 Å². The van der Waals surface area contributed by atoms with E-state index in [0.717, 1.165) is 11.8 Å². The van der Waals surface area contributed by atoms with Crippen LogP contribution in [0.5, 0.6) is 0 Å². The van der Waals surface area contributed by atoms with Gasteiger partial charge in [-0.15, -0.1) is 0 Å². The molecule has 0 unspecified atom stereocenters. The maximum absolute atomic E-state index is 10.7. The number of thioether (sulfide) groups is 1. The molecule has 1 aliphatic heterocycles. The molecule has 11 heavy (non-hydrogen) atoms. The zero-order valence-corrected chi connectivity index (χ0v) is 7.49. The van der Waals surface area contributed by atoms with Gasteiger partial charge in [0.1, 0.15) is 0 Å². The molecule has 0 fully saturated rings. The third-order valence-corrected chi connectivity index (χ3v) is 2.47. The Morgan fingerprint density at radius 3 is 2.00 bits per heavy atom. The summed E-state index contributed by atoms with van der Waals surface area (Å²) in [4.78, 5) is 25.0. The van der Waals surface area contributed by atoms with Crippen molar-refractivity contribution in [2.75, 3.05) is 0 Å². The molecule has 0 bridgehead atoms. The van der Waals surface area contributed by atoms with E-state index >= 15 is 0 Å². The normalized spacial score (nSPS) is 19.0. The van der Waals surface area contributed by atoms with Gasteiger partial charge in [0.2, 0.25) is 0 Å². The van der Waals surface area contributed by atoms with Gasteiger partial charge in [0.05, 0.1) is 5.04 Å². The third-order valence-electron chi connectivity index (χ3n) is 1.21. The minimum absolute atomic E-state index is 0.188. The summed E-state index contributed by atoms with van der Waals surface area (Å²) in [6.07, 6.45) is 0. The van der Waals surface area contributed by atoms with Crippen molar-refractivity contribution < 1.29 is 9.59 Å². The van der Waals surface area contributed by atoms with Gasteiger partial charge in [-0.05, 0) is 11.8 Å². The summed E-state index contributed by atoms with van der Waals surface area (Å²) in [6.45, 7) is 5.76. The van der Waals surface area contributed by atoms with Gasteiger partial charge in [-0.25, -0.2) is 4.99 Å². The molecule has 0 N–H and O–H groups in total. The molecule has 0 radical (unpaired) electrons. The quantitative estimate of drug-likeness (QED) is 0.515. The molecule has 0 aromatic rings. The van der Waals surface area contributed by atoms with Gasteiger partial charge < -0.3 is 0 Å². The van der Waals surface area contributed by atoms with E-state index in [1.54, 1.807) is 0 Å². The molecular formula is C7H9NO2S. The summed E-state index contributed by atoms with van der Waals surface area (Å²) in [6, 6.07) is 0. The lowest BCUT2D eigenvalue weighted by atomic mass is 9.99. The van der Waals surface area contributed by atoms with Crippen molar-refractivity contribution in [2.24, 2.45) is 10.4 Å². The Kier molecular flexibility index (Phi) is 1.88. The highest BCUT2D eigenvalue weighted by atomic mass is 32.2. The van der Waals surface area contributed by atoms with E-state index in [1.165, 1.54) is 0 Å². The Morgan fingerprint density at radius 1 is 1.27 bits per heavy atom. The fourth-order valence-corrected chi connectivity index (χ4v) is 1.36. The highest BCUT2D eigenvalue weighted by Gasteiger charge is 2.32. The Morgan fingerprint density at radius 2 is 1.82 bits per heavy atom. The Bertz CT molecular complexity index is 250. The number of carbonyl (C=O) groups is 2. The largest absolute Gasteiger partial charge is 0.325 e. The van der Waals surface area contributed by atoms with Crippen molar-refractivity contribution in [1.29, 1.82) is 0 Å². The first-order valence-electron chi connectivity index (χ1n) is 3.26. The molecule has 1 aliphatic rings. The summed E-state index contributed by atoms with van der Waals surface area (Å²) in [5.74, 6) is -0.625. The van der Waals surface area contributed by atoms with Crippen LogP contribution >= 0.6 is 11.8 Å². The van der Waals surface area contributed by atoms with Crippen LogP contribution in [0.3, 0.4) is 0 Å². The molecule has 0 aromatic heterocycles. The predicted octanol–water partition coefficient (Wildman–Crippen LogP) is 1.23. The SMILES string of the molecule is CC(C)(C)C1=NC(=O)C(=O)S1. The van der Waals surface area contributed by atoms with E-state index < -0.39 is 11.0 Å². The third kappa shape index (κ3) is 1.68. The van der Waals surface area contributed by atoms with Crippen LogP contribution < -0.4 is 0 Å². The first kappa shape index (κ1) is 8.46. The van der Waals surface area contributed by atoms with Crippen LogP contribution in [0.4, 0.5) is 0 Å². The molecular weight excluding hydrogens is 162 g/mol. The van der Waals surface area contributed by atoms with E-state index in [9.17, 15) is 9.59 Å². The number of amides is 1. The number of hydrogen-bond acceptors (Lipinski definition) is 3. The summed E-state index contributed by atoms with van der Waals surface area (Å²) in [5.41, 5.74) is -0.188. The lowest BCUT2D eigenvalue weighted by Crippen LogP contribution is -2.15. The van der Waals surface area contributed by atoms with Crippen LogP contribution in [0.15, 0.2) is 4.99 Å². The fourth-order valence-electron chi connectivity index (χ4n) is 0.613. The molecule has 0 atom stereocenters. The van der Waals surface area contributed by atoms with Crippen LogP contribution in [0.1, 0.15) is 20.8 Å². The van der Waals surface area contributed by atoms with Crippen molar-refractivity contribution >= 4 is 27.8 Å². The molecule has 60 valence electrons. The number of nitrogens with zero attached hydrogens (tertiary/aromatic N) is 1. The fraction of sp³-hybridized carbons (Fsp3) is 0.571. The second-order valence-corrected chi connectivity index (χ2v) is 4.32. The molecule has 0 aromatic carbocycles. The summed E-state index contributed by atoms with van der Waals surface area (Å²) < 4.78 is 0. The molecule has 4 heteroatoms. The Labute approximate surface area is 69.3 Å². The average molecular weight is 171 g/mol. The molecule has 1 heterocycles. The maximum atomic E-state index is 10.7. The molecule has 1 amide bonds. The summed E-state index contributed by atoms with van der Waals surface area (Å²) >= 11 is 0.942. The zero-order chi connectivity index (χ0) is 8.65. The highest BCUT2D eigenvalue weighted by Crippen LogP contribution is 2.29. The standard InChI is InChI=1S/C7H9NO2S/c1-7(2,3)6-8-4(9)5(10)11-6/h1-3H3. The first-order chi connectivity index (χ1) is 4.91.